The van der Waals surface area contributed by atoms with Crippen LogP contribution in [0.5, 0.6) is 0 Å². The van der Waals surface area contributed by atoms with Gasteiger partial charge in [-0.2, -0.15) is 0 Å². The van der Waals surface area contributed by atoms with E-state index < -0.39 is 24.1 Å². The number of nitrogens with zero attached hydrogens (tertiary/aromatic N) is 1. The van der Waals surface area contributed by atoms with Gasteiger partial charge in [0.1, 0.15) is 5.82 Å². The maximum atomic E-state index is 13.9. The molecule has 1 aromatic carbocycles. The minimum Gasteiger partial charge on any atom is -0.479 e. The molecular weight excluding hydrogens is 280 g/mol. The van der Waals surface area contributed by atoms with Crippen LogP contribution in [-0.2, 0) is 16.0 Å². The molecule has 1 heterocycles. The number of hydrogen-bond acceptors (Lipinski definition) is 2. The lowest BCUT2D eigenvalue weighted by Gasteiger charge is -2.21. The highest BCUT2D eigenvalue weighted by molar-refractivity contribution is 5.83. The number of carbonyl (C=O) groups is 2. The summed E-state index contributed by atoms with van der Waals surface area (Å²) in [6.45, 7) is 1.34. The molecule has 1 aromatic rings. The first-order chi connectivity index (χ1) is 9.82. The summed E-state index contributed by atoms with van der Waals surface area (Å²) in [6, 6.07) is 5.95. The second kappa shape index (κ2) is 5.79. The third-order valence-corrected chi connectivity index (χ3v) is 3.77. The topological polar surface area (TPSA) is 57.6 Å². The minimum atomic E-state index is -2.35. The van der Waals surface area contributed by atoms with E-state index in [1.54, 1.807) is 19.1 Å². The summed E-state index contributed by atoms with van der Waals surface area (Å²) in [7, 11) is 0. The van der Waals surface area contributed by atoms with E-state index in [2.05, 4.69) is 0 Å². The van der Waals surface area contributed by atoms with Gasteiger partial charge in [-0.15, -0.1) is 0 Å². The van der Waals surface area contributed by atoms with Crippen molar-refractivity contribution in [3.63, 3.8) is 0 Å². The first kappa shape index (κ1) is 15.4. The zero-order valence-corrected chi connectivity index (χ0v) is 11.7. The number of carbonyl (C=O) groups excluding carboxylic acids is 1. The molecule has 2 unspecified atom stereocenters. The number of likely N-dealkylation sites (tertiary alicyclic amines) is 1. The van der Waals surface area contributed by atoms with E-state index >= 15 is 0 Å². The predicted octanol–water partition coefficient (Wildman–Crippen LogP) is 2.03. The largest absolute Gasteiger partial charge is 0.479 e. The summed E-state index contributed by atoms with van der Waals surface area (Å²) in [6.07, 6.45) is 0.139. The fraction of sp³-hybridized carbons (Fsp3) is 0.467. The Morgan fingerprint density at radius 3 is 2.76 bits per heavy atom. The maximum absolute atomic E-state index is 13.9. The fourth-order valence-corrected chi connectivity index (χ4v) is 2.55. The highest BCUT2D eigenvalue weighted by Gasteiger charge is 2.47. The molecular formula is C15H17F2NO3. The Kier molecular flexibility index (Phi) is 4.25. The molecule has 1 aliphatic rings. The van der Waals surface area contributed by atoms with E-state index in [9.17, 15) is 18.4 Å². The van der Waals surface area contributed by atoms with Crippen molar-refractivity contribution in [3.8, 4) is 0 Å². The van der Waals surface area contributed by atoms with Gasteiger partial charge in [0.2, 0.25) is 11.6 Å². The van der Waals surface area contributed by atoms with Crippen LogP contribution in [-0.4, -0.2) is 40.6 Å². The van der Waals surface area contributed by atoms with Crippen molar-refractivity contribution in [2.45, 2.75) is 25.4 Å². The van der Waals surface area contributed by atoms with Crippen molar-refractivity contribution >= 4 is 11.9 Å². The van der Waals surface area contributed by atoms with Crippen molar-refractivity contribution in [3.05, 3.63) is 35.6 Å². The Bertz CT molecular complexity index is 564. The molecule has 0 saturated carbocycles. The molecule has 1 aliphatic heterocycles. The Morgan fingerprint density at radius 2 is 2.19 bits per heavy atom. The lowest BCUT2D eigenvalue weighted by atomic mass is 9.99. The summed E-state index contributed by atoms with van der Waals surface area (Å²) < 4.78 is 27.0. The molecule has 2 atom stereocenters. The molecule has 0 spiro atoms. The molecule has 21 heavy (non-hydrogen) atoms. The third-order valence-electron chi connectivity index (χ3n) is 3.77. The average molecular weight is 297 g/mol. The number of benzene rings is 1. The van der Waals surface area contributed by atoms with Gasteiger partial charge in [-0.1, -0.05) is 19.1 Å². The number of alkyl halides is 1. The Morgan fingerprint density at radius 1 is 1.48 bits per heavy atom. The number of rotatable bonds is 4. The molecule has 0 bridgehead atoms. The van der Waals surface area contributed by atoms with Gasteiger partial charge in [0.25, 0.3) is 0 Å². The molecule has 1 N–H and O–H groups in total. The lowest BCUT2D eigenvalue weighted by molar-refractivity contribution is -0.150. The molecule has 0 aliphatic carbocycles. The van der Waals surface area contributed by atoms with E-state index in [-0.39, 0.29) is 24.7 Å². The molecule has 1 fully saturated rings. The summed E-state index contributed by atoms with van der Waals surface area (Å²) in [5.41, 5.74) is -1.67. The monoisotopic (exact) mass is 297 g/mol. The first-order valence-electron chi connectivity index (χ1n) is 6.77. The van der Waals surface area contributed by atoms with E-state index in [1.807, 2.05) is 0 Å². The Balaban J connectivity index is 1.99. The van der Waals surface area contributed by atoms with Crippen molar-refractivity contribution in [1.82, 2.24) is 4.90 Å². The van der Waals surface area contributed by atoms with Gasteiger partial charge in [0, 0.05) is 18.9 Å². The number of halogens is 2. The molecule has 1 amide bonds. The number of hydrogen-bond donors (Lipinski definition) is 1. The van der Waals surface area contributed by atoms with Gasteiger partial charge in [0.15, 0.2) is 0 Å². The molecule has 2 rings (SSSR count). The lowest BCUT2D eigenvalue weighted by Crippen LogP contribution is -2.40. The molecule has 6 heteroatoms. The second-order valence-corrected chi connectivity index (χ2v) is 5.52. The summed E-state index contributed by atoms with van der Waals surface area (Å²) in [5.74, 6) is -2.67. The van der Waals surface area contributed by atoms with Crippen LogP contribution in [0.15, 0.2) is 24.3 Å². The molecule has 4 nitrogen and oxygen atoms in total. The van der Waals surface area contributed by atoms with Crippen molar-refractivity contribution in [2.24, 2.45) is 5.92 Å². The zero-order valence-electron chi connectivity index (χ0n) is 11.7. The highest BCUT2D eigenvalue weighted by Crippen LogP contribution is 2.27. The molecule has 114 valence electrons. The number of amides is 1. The Hall–Kier alpha value is -1.98. The number of carboxylic acid groups (broad SMARTS) is 1. The number of carboxylic acids is 1. The third kappa shape index (κ3) is 3.37. The van der Waals surface area contributed by atoms with Crippen LogP contribution in [0.25, 0.3) is 0 Å². The van der Waals surface area contributed by atoms with Gasteiger partial charge in [-0.05, 0) is 24.1 Å². The van der Waals surface area contributed by atoms with Gasteiger partial charge < -0.3 is 10.0 Å². The average Bonchev–Trinajstić information content (AvgIpc) is 2.82. The standard InChI is InChI=1S/C15H17F2NO3/c1-10(7-11-3-2-4-12(16)8-11)13(19)18-6-5-15(17,9-18)14(20)21/h2-4,8,10H,5-7,9H2,1H3,(H,20,21). The quantitative estimate of drug-likeness (QED) is 0.925. The fourth-order valence-electron chi connectivity index (χ4n) is 2.55. The first-order valence-corrected chi connectivity index (χ1v) is 6.77. The van der Waals surface area contributed by atoms with Crippen LogP contribution in [0.2, 0.25) is 0 Å². The summed E-state index contributed by atoms with van der Waals surface area (Å²) in [5, 5.41) is 8.82. The second-order valence-electron chi connectivity index (χ2n) is 5.52. The Labute approximate surface area is 121 Å². The molecule has 0 aromatic heterocycles. The van der Waals surface area contributed by atoms with Crippen LogP contribution in [0.1, 0.15) is 18.9 Å². The van der Waals surface area contributed by atoms with Gasteiger partial charge in [-0.25, -0.2) is 13.6 Å². The van der Waals surface area contributed by atoms with Gasteiger partial charge >= 0.3 is 5.97 Å². The van der Waals surface area contributed by atoms with Crippen molar-refractivity contribution in [1.29, 1.82) is 0 Å². The van der Waals surface area contributed by atoms with Crippen LogP contribution < -0.4 is 0 Å². The highest BCUT2D eigenvalue weighted by atomic mass is 19.1. The SMILES string of the molecule is CC(Cc1cccc(F)c1)C(=O)N1CCC(F)(C(=O)O)C1. The number of aliphatic carboxylic acids is 1. The van der Waals surface area contributed by atoms with Crippen LogP contribution in [0, 0.1) is 11.7 Å². The van der Waals surface area contributed by atoms with E-state index in [1.165, 1.54) is 17.0 Å². The van der Waals surface area contributed by atoms with E-state index in [4.69, 9.17) is 5.11 Å². The maximum Gasteiger partial charge on any atom is 0.343 e. The van der Waals surface area contributed by atoms with Crippen molar-refractivity contribution in [2.75, 3.05) is 13.1 Å². The summed E-state index contributed by atoms with van der Waals surface area (Å²) >= 11 is 0. The van der Waals surface area contributed by atoms with Crippen LogP contribution >= 0.6 is 0 Å². The zero-order chi connectivity index (χ0) is 15.6. The normalized spacial score (nSPS) is 23.1. The molecule has 1 saturated heterocycles. The smallest absolute Gasteiger partial charge is 0.343 e. The van der Waals surface area contributed by atoms with Gasteiger partial charge in [-0.3, -0.25) is 4.79 Å². The summed E-state index contributed by atoms with van der Waals surface area (Å²) in [4.78, 5) is 24.3. The minimum absolute atomic E-state index is 0.0924. The van der Waals surface area contributed by atoms with E-state index in [0.29, 0.717) is 12.0 Å². The van der Waals surface area contributed by atoms with Gasteiger partial charge in [0.05, 0.1) is 6.54 Å². The van der Waals surface area contributed by atoms with Crippen LogP contribution in [0.4, 0.5) is 8.78 Å². The van der Waals surface area contributed by atoms with Crippen LogP contribution in [0.3, 0.4) is 0 Å². The predicted molar refractivity (Wildman–Crippen MR) is 71.9 cm³/mol. The molecule has 0 radical (unpaired) electrons. The van der Waals surface area contributed by atoms with E-state index in [0.717, 1.165) is 0 Å². The van der Waals surface area contributed by atoms with Crippen molar-refractivity contribution < 1.29 is 23.5 Å².